The van der Waals surface area contributed by atoms with Gasteiger partial charge in [-0.05, 0) is 67.0 Å². The van der Waals surface area contributed by atoms with E-state index in [1.165, 1.54) is 20.8 Å². The molecular formula is C37H49NO10. The third kappa shape index (κ3) is 6.85. The SMILES string of the molecule is C=C1C(OC(=O)C(O)C(c2ccccc2)N(C)C)CC(OC(C)=O)C2(C)C1CC1CC(=O)C(C)=C(C(OC(C)=O)C2OC(C)=O)C1(C)C. The Balaban J connectivity index is 1.85. The quantitative estimate of drug-likeness (QED) is 0.241. The summed E-state index contributed by atoms with van der Waals surface area (Å²) in [6.45, 7) is 15.6. The Kier molecular flexibility index (Phi) is 10.8. The number of nitrogens with zero attached hydrogens (tertiary/aromatic N) is 1. The molecule has 0 saturated heterocycles. The molecule has 262 valence electrons. The van der Waals surface area contributed by atoms with E-state index in [0.717, 1.165) is 0 Å². The highest BCUT2D eigenvalue weighted by Gasteiger charge is 2.64. The first-order chi connectivity index (χ1) is 22.3. The van der Waals surface area contributed by atoms with Crippen molar-refractivity contribution in [1.29, 1.82) is 0 Å². The normalized spacial score (nSPS) is 31.1. The van der Waals surface area contributed by atoms with Gasteiger partial charge >= 0.3 is 23.9 Å². The minimum Gasteiger partial charge on any atom is -0.462 e. The van der Waals surface area contributed by atoms with Crippen molar-refractivity contribution in [1.82, 2.24) is 4.90 Å². The summed E-state index contributed by atoms with van der Waals surface area (Å²) in [5.74, 6) is -3.85. The van der Waals surface area contributed by atoms with E-state index in [-0.39, 0.29) is 24.5 Å². The predicted molar refractivity (Wildman–Crippen MR) is 175 cm³/mol. The van der Waals surface area contributed by atoms with Crippen LogP contribution in [0.3, 0.4) is 0 Å². The predicted octanol–water partition coefficient (Wildman–Crippen LogP) is 4.27. The Labute approximate surface area is 282 Å². The molecule has 1 N–H and O–H groups in total. The van der Waals surface area contributed by atoms with E-state index in [4.69, 9.17) is 18.9 Å². The summed E-state index contributed by atoms with van der Waals surface area (Å²) < 4.78 is 24.0. The number of aliphatic hydroxyl groups excluding tert-OH is 1. The summed E-state index contributed by atoms with van der Waals surface area (Å²) in [5.41, 5.74) is 0.235. The van der Waals surface area contributed by atoms with E-state index in [9.17, 15) is 29.1 Å². The van der Waals surface area contributed by atoms with Crippen LogP contribution in [0.2, 0.25) is 0 Å². The Hall–Kier alpha value is -3.83. The maximum atomic E-state index is 13.7. The average molecular weight is 668 g/mol. The van der Waals surface area contributed by atoms with Crippen molar-refractivity contribution < 1.29 is 48.0 Å². The topological polar surface area (TPSA) is 146 Å². The highest BCUT2D eigenvalue weighted by Crippen LogP contribution is 2.60. The van der Waals surface area contributed by atoms with Gasteiger partial charge in [0.05, 0.1) is 11.5 Å². The number of rotatable bonds is 8. The molecule has 2 saturated carbocycles. The highest BCUT2D eigenvalue weighted by molar-refractivity contribution is 5.97. The minimum atomic E-state index is -1.57. The molecule has 9 unspecified atom stereocenters. The van der Waals surface area contributed by atoms with Crippen molar-refractivity contribution in [3.63, 3.8) is 0 Å². The monoisotopic (exact) mass is 667 g/mol. The van der Waals surface area contributed by atoms with Gasteiger partial charge in [0, 0.05) is 33.6 Å². The zero-order valence-electron chi connectivity index (χ0n) is 29.4. The molecule has 1 aromatic rings. The van der Waals surface area contributed by atoms with Crippen molar-refractivity contribution in [3.8, 4) is 0 Å². The Morgan fingerprint density at radius 1 is 0.917 bits per heavy atom. The number of allylic oxidation sites excluding steroid dienone is 1. The van der Waals surface area contributed by atoms with Crippen LogP contribution < -0.4 is 0 Å². The third-order valence-electron chi connectivity index (χ3n) is 10.8. The van der Waals surface area contributed by atoms with Crippen molar-refractivity contribution in [3.05, 3.63) is 59.2 Å². The second kappa shape index (κ2) is 14.0. The first kappa shape index (κ1) is 37.0. The van der Waals surface area contributed by atoms with Crippen LogP contribution in [0.15, 0.2) is 53.6 Å². The summed E-state index contributed by atoms with van der Waals surface area (Å²) in [5, 5.41) is 11.3. The van der Waals surface area contributed by atoms with Gasteiger partial charge in [-0.1, -0.05) is 57.7 Å². The van der Waals surface area contributed by atoms with Crippen LogP contribution in [-0.4, -0.2) is 84.3 Å². The van der Waals surface area contributed by atoms with Crippen molar-refractivity contribution in [2.45, 2.75) is 104 Å². The molecule has 9 atom stereocenters. The van der Waals surface area contributed by atoms with Gasteiger partial charge in [0.25, 0.3) is 0 Å². The van der Waals surface area contributed by atoms with Gasteiger partial charge in [-0.25, -0.2) is 4.79 Å². The molecule has 48 heavy (non-hydrogen) atoms. The number of ketones is 1. The number of hydrogen-bond acceptors (Lipinski definition) is 11. The van der Waals surface area contributed by atoms with Crippen LogP contribution in [0, 0.1) is 22.7 Å². The van der Waals surface area contributed by atoms with Crippen LogP contribution in [0.1, 0.15) is 79.3 Å². The molecule has 4 rings (SSSR count). The number of esters is 4. The van der Waals surface area contributed by atoms with E-state index in [0.29, 0.717) is 28.7 Å². The molecule has 0 radical (unpaired) electrons. The summed E-state index contributed by atoms with van der Waals surface area (Å²) in [6, 6.07) is 8.37. The number of carbonyl (C=O) groups is 5. The highest BCUT2D eigenvalue weighted by atomic mass is 16.6. The molecule has 0 aliphatic heterocycles. The lowest BCUT2D eigenvalue weighted by molar-refractivity contribution is -0.212. The van der Waals surface area contributed by atoms with E-state index in [1.807, 2.05) is 44.2 Å². The number of aliphatic hydroxyl groups is 1. The number of ether oxygens (including phenoxy) is 4. The molecular weight excluding hydrogens is 618 g/mol. The van der Waals surface area contributed by atoms with Crippen molar-refractivity contribution >= 4 is 29.7 Å². The fourth-order valence-electron chi connectivity index (χ4n) is 8.36. The van der Waals surface area contributed by atoms with Gasteiger partial charge in [0.1, 0.15) is 12.2 Å². The van der Waals surface area contributed by atoms with Crippen molar-refractivity contribution in [2.75, 3.05) is 14.1 Å². The lowest BCUT2D eigenvalue weighted by Gasteiger charge is -2.59. The number of carbonyl (C=O) groups excluding carboxylic acids is 5. The number of Topliss-reactive ketones (excluding diaryl/α,β-unsaturated/α-hetero) is 1. The van der Waals surface area contributed by atoms with Gasteiger partial charge in [-0.15, -0.1) is 0 Å². The number of likely N-dealkylation sites (N-methyl/N-ethyl adjacent to an activating group) is 1. The summed E-state index contributed by atoms with van der Waals surface area (Å²) >= 11 is 0. The Morgan fingerprint density at radius 2 is 1.50 bits per heavy atom. The van der Waals surface area contributed by atoms with E-state index in [1.54, 1.807) is 32.8 Å². The number of benzene rings is 1. The maximum Gasteiger partial charge on any atom is 0.337 e. The van der Waals surface area contributed by atoms with Gasteiger partial charge < -0.3 is 24.1 Å². The fourth-order valence-corrected chi connectivity index (χ4v) is 8.36. The van der Waals surface area contributed by atoms with E-state index < -0.39 is 77.2 Å². The molecule has 0 heterocycles. The summed E-state index contributed by atoms with van der Waals surface area (Å²) in [4.78, 5) is 67.0. The first-order valence-electron chi connectivity index (χ1n) is 16.4. The third-order valence-corrected chi connectivity index (χ3v) is 10.8. The first-order valence-corrected chi connectivity index (χ1v) is 16.4. The van der Waals surface area contributed by atoms with Gasteiger partial charge in [-0.3, -0.25) is 24.1 Å². The average Bonchev–Trinajstić information content (AvgIpc) is 2.98. The van der Waals surface area contributed by atoms with Gasteiger partial charge in [-0.2, -0.15) is 0 Å². The molecule has 3 aliphatic rings. The molecule has 1 aromatic carbocycles. The number of hydrogen-bond donors (Lipinski definition) is 1. The Morgan fingerprint density at radius 3 is 2.04 bits per heavy atom. The lowest BCUT2D eigenvalue weighted by Crippen LogP contribution is -2.64. The van der Waals surface area contributed by atoms with Crippen LogP contribution in [0.25, 0.3) is 0 Å². The molecule has 11 nitrogen and oxygen atoms in total. The van der Waals surface area contributed by atoms with E-state index in [2.05, 4.69) is 6.58 Å². The van der Waals surface area contributed by atoms with Crippen LogP contribution in [-0.2, 0) is 42.9 Å². The second-order valence-electron chi connectivity index (χ2n) is 14.4. The molecule has 3 aliphatic carbocycles. The molecule has 0 aromatic heterocycles. The zero-order valence-corrected chi connectivity index (χ0v) is 29.4. The summed E-state index contributed by atoms with van der Waals surface area (Å²) in [6.07, 6.45) is -5.49. The molecule has 2 fully saturated rings. The minimum absolute atomic E-state index is 0.0581. The van der Waals surface area contributed by atoms with Gasteiger partial charge in [0.15, 0.2) is 24.1 Å². The molecule has 0 amide bonds. The molecule has 11 heteroatoms. The molecule has 0 spiro atoms. The smallest absolute Gasteiger partial charge is 0.337 e. The van der Waals surface area contributed by atoms with Crippen LogP contribution in [0.4, 0.5) is 0 Å². The molecule has 2 bridgehead atoms. The van der Waals surface area contributed by atoms with Gasteiger partial charge in [0.2, 0.25) is 0 Å². The largest absolute Gasteiger partial charge is 0.462 e. The van der Waals surface area contributed by atoms with E-state index >= 15 is 0 Å². The zero-order chi connectivity index (χ0) is 35.9. The second-order valence-corrected chi connectivity index (χ2v) is 14.4. The Bertz CT molecular complexity index is 1500. The number of fused-ring (bicyclic) bond motifs is 3. The lowest BCUT2D eigenvalue weighted by atomic mass is 9.49. The summed E-state index contributed by atoms with van der Waals surface area (Å²) in [7, 11) is 3.49. The maximum absolute atomic E-state index is 13.7. The van der Waals surface area contributed by atoms with Crippen LogP contribution >= 0.6 is 0 Å². The standard InChI is InChI=1S/C37H49NO10/c1-19-26-16-25-17-27(42)20(2)30(36(25,6)7)33(46-22(4)40)34(47-23(5)41)37(26,8)29(45-21(3)39)18-28(19)48-35(44)32(43)31(38(9)10)24-14-12-11-13-15-24/h11-15,25-26,28-29,31-34,43H,1,16-18H2,2-10H3. The van der Waals surface area contributed by atoms with Crippen molar-refractivity contribution in [2.24, 2.45) is 22.7 Å². The van der Waals surface area contributed by atoms with Crippen LogP contribution in [0.5, 0.6) is 0 Å². The fraction of sp³-hybridized carbons (Fsp3) is 0.595.